The molecule has 0 atom stereocenters. The van der Waals surface area contributed by atoms with Gasteiger partial charge in [0.15, 0.2) is 0 Å². The molecule has 2 aromatic heterocycles. The van der Waals surface area contributed by atoms with Gasteiger partial charge in [0.25, 0.3) is 10.0 Å². The van der Waals surface area contributed by atoms with E-state index < -0.39 is 10.0 Å². The number of nitrogens with one attached hydrogen (secondary N) is 1. The lowest BCUT2D eigenvalue weighted by atomic mass is 10.4. The summed E-state index contributed by atoms with van der Waals surface area (Å²) in [4.78, 5) is 0. The first-order chi connectivity index (χ1) is 8.50. The standard InChI is InChI=1S/C11H14N2O3S2/c1-13(2)18(14,15)11-4-3-10(16-11)7-12-9-5-6-17-8-9/h3-6,8,12H,7H2,1-2H3. The van der Waals surface area contributed by atoms with Crippen LogP contribution >= 0.6 is 11.3 Å². The largest absolute Gasteiger partial charge is 0.446 e. The minimum Gasteiger partial charge on any atom is -0.446 e. The zero-order valence-electron chi connectivity index (χ0n) is 10.1. The fraction of sp³-hybridized carbons (Fsp3) is 0.273. The molecule has 0 aliphatic heterocycles. The molecule has 0 unspecified atom stereocenters. The molecule has 7 heteroatoms. The fourth-order valence-corrected chi connectivity index (χ4v) is 2.75. The van der Waals surface area contributed by atoms with Crippen LogP contribution in [0.2, 0.25) is 0 Å². The Bertz CT molecular complexity index is 600. The highest BCUT2D eigenvalue weighted by atomic mass is 32.2. The molecule has 1 N–H and O–H groups in total. The Morgan fingerprint density at radius 2 is 2.11 bits per heavy atom. The summed E-state index contributed by atoms with van der Waals surface area (Å²) < 4.78 is 30.0. The number of hydrogen-bond acceptors (Lipinski definition) is 5. The van der Waals surface area contributed by atoms with Gasteiger partial charge in [0.2, 0.25) is 5.09 Å². The Morgan fingerprint density at radius 1 is 1.33 bits per heavy atom. The molecule has 2 heterocycles. The van der Waals surface area contributed by atoms with Gasteiger partial charge < -0.3 is 9.73 Å². The Kier molecular flexibility index (Phi) is 3.74. The summed E-state index contributed by atoms with van der Waals surface area (Å²) in [6.07, 6.45) is 0. The third-order valence-corrected chi connectivity index (χ3v) is 4.73. The van der Waals surface area contributed by atoms with Crippen LogP contribution in [-0.4, -0.2) is 26.8 Å². The second-order valence-corrected chi connectivity index (χ2v) is 6.74. The highest BCUT2D eigenvalue weighted by molar-refractivity contribution is 7.88. The van der Waals surface area contributed by atoms with E-state index in [9.17, 15) is 8.42 Å². The van der Waals surface area contributed by atoms with Crippen molar-refractivity contribution in [1.29, 1.82) is 0 Å². The Hall–Kier alpha value is -1.31. The monoisotopic (exact) mass is 286 g/mol. The maximum atomic E-state index is 11.8. The molecule has 0 amide bonds. The van der Waals surface area contributed by atoms with Crippen LogP contribution in [0.3, 0.4) is 0 Å². The van der Waals surface area contributed by atoms with E-state index >= 15 is 0 Å². The molecule has 0 bridgehead atoms. The van der Waals surface area contributed by atoms with E-state index in [-0.39, 0.29) is 5.09 Å². The van der Waals surface area contributed by atoms with Crippen LogP contribution in [0.5, 0.6) is 0 Å². The highest BCUT2D eigenvalue weighted by Crippen LogP contribution is 2.18. The maximum absolute atomic E-state index is 11.8. The molecule has 0 saturated carbocycles. The third kappa shape index (κ3) is 2.74. The van der Waals surface area contributed by atoms with Gasteiger partial charge >= 0.3 is 0 Å². The van der Waals surface area contributed by atoms with Gasteiger partial charge in [0, 0.05) is 25.2 Å². The average Bonchev–Trinajstić information content (AvgIpc) is 2.97. The van der Waals surface area contributed by atoms with Gasteiger partial charge in [-0.1, -0.05) is 0 Å². The van der Waals surface area contributed by atoms with Crippen LogP contribution in [0.15, 0.2) is 38.5 Å². The van der Waals surface area contributed by atoms with E-state index in [1.165, 1.54) is 20.2 Å². The summed E-state index contributed by atoms with van der Waals surface area (Å²) in [5, 5.41) is 7.05. The number of furan rings is 1. The van der Waals surface area contributed by atoms with E-state index in [4.69, 9.17) is 4.42 Å². The molecule has 0 spiro atoms. The fourth-order valence-electron chi connectivity index (χ4n) is 1.33. The first-order valence-corrected chi connectivity index (χ1v) is 7.66. The number of rotatable bonds is 5. The molecule has 0 radical (unpaired) electrons. The molecule has 2 aromatic rings. The summed E-state index contributed by atoms with van der Waals surface area (Å²) in [5.74, 6) is 0.585. The molecule has 5 nitrogen and oxygen atoms in total. The lowest BCUT2D eigenvalue weighted by Gasteiger charge is -2.07. The van der Waals surface area contributed by atoms with Crippen LogP contribution in [-0.2, 0) is 16.6 Å². The van der Waals surface area contributed by atoms with E-state index in [0.717, 1.165) is 9.99 Å². The lowest BCUT2D eigenvalue weighted by molar-refractivity contribution is 0.402. The summed E-state index contributed by atoms with van der Waals surface area (Å²) in [5.41, 5.74) is 0.994. The Labute approximate surface area is 110 Å². The zero-order valence-corrected chi connectivity index (χ0v) is 11.7. The van der Waals surface area contributed by atoms with Crippen molar-refractivity contribution in [3.8, 4) is 0 Å². The van der Waals surface area contributed by atoms with Gasteiger partial charge in [-0.25, -0.2) is 12.7 Å². The Morgan fingerprint density at radius 3 is 2.72 bits per heavy atom. The molecule has 18 heavy (non-hydrogen) atoms. The molecular formula is C11H14N2O3S2. The van der Waals surface area contributed by atoms with Crippen molar-refractivity contribution >= 4 is 27.0 Å². The molecule has 0 aromatic carbocycles. The predicted octanol–water partition coefficient (Wildman–Crippen LogP) is 2.20. The second-order valence-electron chi connectivity index (χ2n) is 3.87. The van der Waals surface area contributed by atoms with Crippen LogP contribution < -0.4 is 5.32 Å². The average molecular weight is 286 g/mol. The zero-order chi connectivity index (χ0) is 13.2. The number of sulfonamides is 1. The van der Waals surface area contributed by atoms with E-state index in [1.807, 2.05) is 16.8 Å². The van der Waals surface area contributed by atoms with Gasteiger partial charge in [-0.05, 0) is 23.6 Å². The van der Waals surface area contributed by atoms with Crippen molar-refractivity contribution in [2.24, 2.45) is 0 Å². The molecule has 0 fully saturated rings. The minimum atomic E-state index is -3.49. The van der Waals surface area contributed by atoms with Crippen molar-refractivity contribution < 1.29 is 12.8 Å². The van der Waals surface area contributed by atoms with E-state index in [1.54, 1.807) is 17.4 Å². The second kappa shape index (κ2) is 5.13. The predicted molar refractivity (Wildman–Crippen MR) is 71.2 cm³/mol. The van der Waals surface area contributed by atoms with Gasteiger partial charge in [0.05, 0.1) is 6.54 Å². The van der Waals surface area contributed by atoms with Crippen molar-refractivity contribution in [2.75, 3.05) is 19.4 Å². The van der Waals surface area contributed by atoms with E-state index in [2.05, 4.69) is 5.32 Å². The SMILES string of the molecule is CN(C)S(=O)(=O)c1ccc(CNc2ccsc2)o1. The maximum Gasteiger partial charge on any atom is 0.275 e. The molecule has 0 saturated heterocycles. The molecule has 98 valence electrons. The van der Waals surface area contributed by atoms with Gasteiger partial charge in [-0.15, -0.1) is 0 Å². The number of anilines is 1. The van der Waals surface area contributed by atoms with E-state index in [0.29, 0.717) is 12.3 Å². The van der Waals surface area contributed by atoms with Crippen LogP contribution in [0.25, 0.3) is 0 Å². The van der Waals surface area contributed by atoms with Crippen molar-refractivity contribution in [3.05, 3.63) is 34.7 Å². The molecule has 0 aliphatic rings. The van der Waals surface area contributed by atoms with Crippen LogP contribution in [0.1, 0.15) is 5.76 Å². The minimum absolute atomic E-state index is 0.0328. The smallest absolute Gasteiger partial charge is 0.275 e. The molecule has 0 aliphatic carbocycles. The van der Waals surface area contributed by atoms with Gasteiger partial charge in [-0.2, -0.15) is 11.3 Å². The number of thiophene rings is 1. The first kappa shape index (κ1) is 13.1. The van der Waals surface area contributed by atoms with Crippen molar-refractivity contribution in [3.63, 3.8) is 0 Å². The van der Waals surface area contributed by atoms with Crippen LogP contribution in [0.4, 0.5) is 5.69 Å². The van der Waals surface area contributed by atoms with Gasteiger partial charge in [0.1, 0.15) is 5.76 Å². The molecular weight excluding hydrogens is 272 g/mol. The highest BCUT2D eigenvalue weighted by Gasteiger charge is 2.21. The topological polar surface area (TPSA) is 62.6 Å². The summed E-state index contributed by atoms with van der Waals surface area (Å²) in [6, 6.07) is 5.08. The summed E-state index contributed by atoms with van der Waals surface area (Å²) in [7, 11) is -0.541. The number of nitrogens with zero attached hydrogens (tertiary/aromatic N) is 1. The summed E-state index contributed by atoms with van der Waals surface area (Å²) in [6.45, 7) is 0.458. The third-order valence-electron chi connectivity index (χ3n) is 2.36. The quantitative estimate of drug-likeness (QED) is 0.915. The van der Waals surface area contributed by atoms with Crippen LogP contribution in [0, 0.1) is 0 Å². The van der Waals surface area contributed by atoms with Crippen molar-refractivity contribution in [2.45, 2.75) is 11.6 Å². The molecule has 2 rings (SSSR count). The first-order valence-electron chi connectivity index (χ1n) is 5.27. The number of hydrogen-bond donors (Lipinski definition) is 1. The van der Waals surface area contributed by atoms with Crippen molar-refractivity contribution in [1.82, 2.24) is 4.31 Å². The summed E-state index contributed by atoms with van der Waals surface area (Å²) >= 11 is 1.59. The van der Waals surface area contributed by atoms with Gasteiger partial charge in [-0.3, -0.25) is 0 Å². The lowest BCUT2D eigenvalue weighted by Crippen LogP contribution is -2.21. The normalized spacial score (nSPS) is 11.9. The Balaban J connectivity index is 2.07.